The van der Waals surface area contributed by atoms with Crippen LogP contribution in [0.15, 0.2) is 47.7 Å². The summed E-state index contributed by atoms with van der Waals surface area (Å²) in [6.07, 6.45) is 0. The molecule has 2 unspecified atom stereocenters. The number of nitrogens with one attached hydrogen (secondary N) is 3. The number of esters is 1. The lowest BCUT2D eigenvalue weighted by molar-refractivity contribution is -0.159. The van der Waals surface area contributed by atoms with Crippen LogP contribution in [0.4, 0.5) is 4.39 Å². The normalized spacial score (nSPS) is 19.1. The van der Waals surface area contributed by atoms with Crippen LogP contribution in [0.5, 0.6) is 11.5 Å². The second-order valence-corrected chi connectivity index (χ2v) is 12.5. The van der Waals surface area contributed by atoms with Crippen LogP contribution in [-0.4, -0.2) is 70.1 Å². The Hall–Kier alpha value is -4.56. The van der Waals surface area contributed by atoms with Crippen LogP contribution in [0.3, 0.4) is 0 Å². The molecule has 6 rings (SSSR count). The minimum atomic E-state index is -0.882. The number of hydroxylamine groups is 1. The van der Waals surface area contributed by atoms with Crippen LogP contribution < -0.4 is 20.4 Å². The lowest BCUT2D eigenvalue weighted by Gasteiger charge is -2.49. The Morgan fingerprint density at radius 3 is 2.82 bits per heavy atom. The van der Waals surface area contributed by atoms with Crippen molar-refractivity contribution in [3.63, 3.8) is 0 Å². The lowest BCUT2D eigenvalue weighted by atomic mass is 10.0. The maximum Gasteiger partial charge on any atom is 0.355 e. The number of rotatable bonds is 8. The fourth-order valence-electron chi connectivity index (χ4n) is 5.31. The molecule has 4 heterocycles. The zero-order chi connectivity index (χ0) is 31.2. The fourth-order valence-corrected chi connectivity index (χ4v) is 6.64. The number of carbonyl (C=O) groups is 4. The molecule has 2 amide bonds. The molecule has 3 aromatic rings. The molecule has 1 aromatic heterocycles. The smallest absolute Gasteiger partial charge is 0.355 e. The van der Waals surface area contributed by atoms with E-state index < -0.39 is 34.8 Å². The number of benzene rings is 2. The van der Waals surface area contributed by atoms with Gasteiger partial charge in [-0.2, -0.15) is 5.48 Å². The molecular weight excluding hydrogens is 595 g/mol. The summed E-state index contributed by atoms with van der Waals surface area (Å²) in [5.41, 5.74) is 5.71. The number of hydrogen-bond acceptors (Lipinski definition) is 10. The van der Waals surface area contributed by atoms with Crippen LogP contribution in [0.25, 0.3) is 22.2 Å². The number of halogens is 1. The summed E-state index contributed by atoms with van der Waals surface area (Å²) in [4.78, 5) is 60.0. The number of amides is 2. The quantitative estimate of drug-likeness (QED) is 0.194. The average molecular weight is 625 g/mol. The highest BCUT2D eigenvalue weighted by Crippen LogP contribution is 2.42. The van der Waals surface area contributed by atoms with E-state index in [-0.39, 0.29) is 31.2 Å². The van der Waals surface area contributed by atoms with Crippen LogP contribution in [0.2, 0.25) is 0 Å². The first-order valence-electron chi connectivity index (χ1n) is 13.8. The van der Waals surface area contributed by atoms with Gasteiger partial charge in [0, 0.05) is 39.4 Å². The summed E-state index contributed by atoms with van der Waals surface area (Å²) >= 11 is 1.33. The monoisotopic (exact) mass is 624 g/mol. The van der Waals surface area contributed by atoms with Crippen molar-refractivity contribution in [2.75, 3.05) is 19.0 Å². The Morgan fingerprint density at radius 1 is 1.23 bits per heavy atom. The Kier molecular flexibility index (Phi) is 7.72. The Balaban J connectivity index is 1.12. The summed E-state index contributed by atoms with van der Waals surface area (Å²) < 4.78 is 29.9. The first-order chi connectivity index (χ1) is 21.0. The predicted octanol–water partition coefficient (Wildman–Crippen LogP) is 2.92. The van der Waals surface area contributed by atoms with Gasteiger partial charge in [0.15, 0.2) is 12.4 Å². The largest absolute Gasteiger partial charge is 0.484 e. The number of thioether (sulfide) groups is 1. The van der Waals surface area contributed by atoms with Gasteiger partial charge in [0.1, 0.15) is 40.9 Å². The highest BCUT2D eigenvalue weighted by molar-refractivity contribution is 8.00. The van der Waals surface area contributed by atoms with Crippen molar-refractivity contribution in [2.24, 2.45) is 0 Å². The minimum Gasteiger partial charge on any atom is -0.484 e. The maximum atomic E-state index is 13.9. The Bertz CT molecular complexity index is 1710. The molecule has 0 radical (unpaired) electrons. The number of hydrogen-bond donors (Lipinski definition) is 3. The van der Waals surface area contributed by atoms with Crippen molar-refractivity contribution >= 4 is 46.9 Å². The number of nitrogens with zero attached hydrogens (tertiary/aromatic N) is 1. The van der Waals surface area contributed by atoms with Crippen molar-refractivity contribution < 1.29 is 42.6 Å². The van der Waals surface area contributed by atoms with E-state index in [0.717, 1.165) is 27.7 Å². The van der Waals surface area contributed by atoms with Gasteiger partial charge in [0.2, 0.25) is 0 Å². The molecule has 0 spiro atoms. The van der Waals surface area contributed by atoms with E-state index in [2.05, 4.69) is 15.8 Å². The van der Waals surface area contributed by atoms with Gasteiger partial charge in [0.05, 0.1) is 12.2 Å². The second-order valence-electron chi connectivity index (χ2n) is 11.4. The molecule has 2 aromatic carbocycles. The summed E-state index contributed by atoms with van der Waals surface area (Å²) in [5, 5.41) is 2.90. The maximum absolute atomic E-state index is 13.9. The molecule has 1 saturated heterocycles. The minimum absolute atomic E-state index is 0.0270. The number of carbonyl (C=O) groups excluding carboxylic acids is 4. The molecule has 3 aliphatic rings. The topological polar surface area (TPSA) is 148 Å². The third kappa shape index (κ3) is 5.57. The van der Waals surface area contributed by atoms with Gasteiger partial charge in [-0.3, -0.25) is 19.3 Å². The van der Waals surface area contributed by atoms with Gasteiger partial charge in [0.25, 0.3) is 18.3 Å². The Morgan fingerprint density at radius 2 is 2.05 bits per heavy atom. The number of β-lactam (4-membered cyclic amide) rings is 1. The molecule has 3 N–H and O–H groups in total. The van der Waals surface area contributed by atoms with Crippen molar-refractivity contribution in [2.45, 2.75) is 44.3 Å². The third-order valence-corrected chi connectivity index (χ3v) is 8.51. The van der Waals surface area contributed by atoms with Gasteiger partial charge >= 0.3 is 5.97 Å². The zero-order valence-electron chi connectivity index (χ0n) is 24.0. The van der Waals surface area contributed by atoms with Crippen molar-refractivity contribution in [3.05, 3.63) is 59.0 Å². The van der Waals surface area contributed by atoms with Crippen LogP contribution in [0.1, 0.15) is 26.3 Å². The second kappa shape index (κ2) is 11.5. The highest BCUT2D eigenvalue weighted by atomic mass is 32.2. The number of ether oxygens (including phenoxy) is 3. The molecule has 2 atom stereocenters. The number of aromatic nitrogens is 1. The number of fused-ring (bicyclic) bond motifs is 6. The van der Waals surface area contributed by atoms with E-state index in [4.69, 9.17) is 19.0 Å². The van der Waals surface area contributed by atoms with Crippen molar-refractivity contribution in [1.29, 1.82) is 0 Å². The van der Waals surface area contributed by atoms with Gasteiger partial charge < -0.3 is 29.3 Å². The summed E-state index contributed by atoms with van der Waals surface area (Å²) in [6, 6.07) is 8.76. The average Bonchev–Trinajstić information content (AvgIpc) is 3.23. The summed E-state index contributed by atoms with van der Waals surface area (Å²) in [7, 11) is 0. The van der Waals surface area contributed by atoms with E-state index in [1.807, 2.05) is 0 Å². The zero-order valence-corrected chi connectivity index (χ0v) is 24.8. The van der Waals surface area contributed by atoms with Gasteiger partial charge in [-0.25, -0.2) is 9.18 Å². The molecule has 12 nitrogen and oxygen atoms in total. The molecule has 0 saturated carbocycles. The van der Waals surface area contributed by atoms with E-state index in [1.54, 1.807) is 45.0 Å². The van der Waals surface area contributed by atoms with E-state index >= 15 is 0 Å². The summed E-state index contributed by atoms with van der Waals surface area (Å²) in [5.74, 6) is -0.952. The molecule has 0 bridgehead atoms. The fraction of sp³-hybridized carbons (Fsp3) is 0.333. The van der Waals surface area contributed by atoms with Crippen LogP contribution >= 0.6 is 11.8 Å². The van der Waals surface area contributed by atoms with E-state index in [9.17, 15) is 23.6 Å². The molecular formula is C30H29FN4O8S. The molecule has 3 aliphatic heterocycles. The lowest BCUT2D eigenvalue weighted by Crippen LogP contribution is -2.71. The number of aromatic amines is 1. The standard InChI is InChI=1S/C30H29FN4O8S/c1-30(2,3)42-29(39)26-15(11-40-14-36)13-44-28-25(27(38)35(26)28)34-23(37)12-41-17-5-6-18-22(9-17)43-32-10-20-19-8-16(31)4-7-21(19)33-24(18)20/h4-9,14,25,28,32-33H,10-13H2,1-3H3,(H,34,37). The van der Waals surface area contributed by atoms with E-state index in [1.165, 1.54) is 28.8 Å². The van der Waals surface area contributed by atoms with E-state index in [0.29, 0.717) is 29.4 Å². The SMILES string of the molecule is CC(C)(C)OC(=O)C1=C(COC=O)CSC2C(NC(=O)COc3ccc4c(c3)ONCc3c-4[nH]c4ccc(F)cc34)C(=O)N12. The van der Waals surface area contributed by atoms with Crippen molar-refractivity contribution in [1.82, 2.24) is 20.7 Å². The molecule has 14 heteroatoms. The first-order valence-corrected chi connectivity index (χ1v) is 14.8. The molecule has 1 fully saturated rings. The van der Waals surface area contributed by atoms with Gasteiger partial charge in [-0.05, 0) is 51.1 Å². The molecule has 44 heavy (non-hydrogen) atoms. The Labute approximate surface area is 255 Å². The van der Waals surface area contributed by atoms with Crippen molar-refractivity contribution in [3.8, 4) is 22.8 Å². The van der Waals surface area contributed by atoms with Gasteiger partial charge in [-0.1, -0.05) is 0 Å². The van der Waals surface area contributed by atoms with Crippen LogP contribution in [-0.2, 0) is 35.2 Å². The van der Waals surface area contributed by atoms with Crippen LogP contribution in [0, 0.1) is 5.82 Å². The summed E-state index contributed by atoms with van der Waals surface area (Å²) in [6.45, 7) is 5.19. The third-order valence-electron chi connectivity index (χ3n) is 7.17. The highest BCUT2D eigenvalue weighted by Gasteiger charge is 2.54. The predicted molar refractivity (Wildman–Crippen MR) is 157 cm³/mol. The van der Waals surface area contributed by atoms with Gasteiger partial charge in [-0.15, -0.1) is 11.8 Å². The molecule has 0 aliphatic carbocycles. The number of H-pyrrole nitrogens is 1. The molecule has 230 valence electrons. The first kappa shape index (κ1) is 29.5.